The van der Waals surface area contributed by atoms with Gasteiger partial charge in [0.2, 0.25) is 0 Å². The molecule has 0 unspecified atom stereocenters. The van der Waals surface area contributed by atoms with Crippen molar-refractivity contribution in [3.8, 4) is 22.6 Å². The van der Waals surface area contributed by atoms with Gasteiger partial charge in [0.15, 0.2) is 0 Å². The number of hydrogen-bond acceptors (Lipinski definition) is 3. The van der Waals surface area contributed by atoms with Gasteiger partial charge in [-0.2, -0.15) is 0 Å². The van der Waals surface area contributed by atoms with Crippen molar-refractivity contribution in [2.45, 2.75) is 52.4 Å². The highest BCUT2D eigenvalue weighted by Crippen LogP contribution is 2.45. The zero-order chi connectivity index (χ0) is 22.3. The highest BCUT2D eigenvalue weighted by Gasteiger charge is 2.29. The lowest BCUT2D eigenvalue weighted by Crippen LogP contribution is -2.19. The maximum atomic E-state index is 6.56. The van der Waals surface area contributed by atoms with Crippen LogP contribution in [0, 0.1) is 0 Å². The second kappa shape index (κ2) is 7.88. The Hall–Kier alpha value is -2.65. The normalized spacial score (nSPS) is 12.1. The van der Waals surface area contributed by atoms with E-state index in [0.717, 1.165) is 33.8 Å². The first-order chi connectivity index (χ1) is 13.9. The third kappa shape index (κ3) is 4.73. The second-order valence-electron chi connectivity index (χ2n) is 9.81. The molecule has 0 fully saturated rings. The van der Waals surface area contributed by atoms with Crippen molar-refractivity contribution < 1.29 is 4.74 Å². The molecule has 3 nitrogen and oxygen atoms in total. The number of anilines is 2. The number of hydrogen-bond donors (Lipinski definition) is 2. The summed E-state index contributed by atoms with van der Waals surface area (Å²) in [6.07, 6.45) is 0. The zero-order valence-corrected chi connectivity index (χ0v) is 19.4. The summed E-state index contributed by atoms with van der Waals surface area (Å²) in [6, 6.07) is 17.5. The Morgan fingerprint density at radius 1 is 0.700 bits per heavy atom. The molecule has 0 saturated heterocycles. The van der Waals surface area contributed by atoms with Gasteiger partial charge in [-0.1, -0.05) is 59.2 Å². The molecule has 3 aromatic rings. The lowest BCUT2D eigenvalue weighted by Gasteiger charge is -2.31. The number of ether oxygens (including phenoxy) is 1. The molecule has 0 spiro atoms. The van der Waals surface area contributed by atoms with Gasteiger partial charge in [-0.15, -0.1) is 0 Å². The molecule has 3 rings (SSSR count). The van der Waals surface area contributed by atoms with E-state index in [4.69, 9.17) is 27.8 Å². The predicted octanol–water partition coefficient (Wildman–Crippen LogP) is 7.56. The van der Waals surface area contributed by atoms with Crippen LogP contribution in [0.1, 0.15) is 52.7 Å². The van der Waals surface area contributed by atoms with Gasteiger partial charge in [0.25, 0.3) is 0 Å². The first-order valence-corrected chi connectivity index (χ1v) is 10.5. The van der Waals surface area contributed by atoms with Crippen LogP contribution in [-0.4, -0.2) is 0 Å². The monoisotopic (exact) mass is 422 g/mol. The molecule has 0 atom stereocenters. The van der Waals surface area contributed by atoms with Gasteiger partial charge >= 0.3 is 0 Å². The number of nitrogen functional groups attached to an aromatic ring is 2. The fourth-order valence-electron chi connectivity index (χ4n) is 3.43. The van der Waals surface area contributed by atoms with Crippen molar-refractivity contribution >= 4 is 23.0 Å². The molecule has 4 heteroatoms. The summed E-state index contributed by atoms with van der Waals surface area (Å²) in [5.74, 6) is 1.65. The number of rotatable bonds is 3. The van der Waals surface area contributed by atoms with E-state index in [-0.39, 0.29) is 10.8 Å². The Bertz CT molecular complexity index is 1020. The molecule has 0 heterocycles. The van der Waals surface area contributed by atoms with E-state index in [9.17, 15) is 0 Å². The Morgan fingerprint density at radius 3 is 1.67 bits per heavy atom. The molecule has 0 aliphatic rings. The summed E-state index contributed by atoms with van der Waals surface area (Å²) in [5, 5.41) is 0.641. The van der Waals surface area contributed by atoms with Gasteiger partial charge in [-0.25, -0.2) is 0 Å². The van der Waals surface area contributed by atoms with Crippen LogP contribution in [0.25, 0.3) is 11.1 Å². The van der Waals surface area contributed by atoms with Crippen molar-refractivity contribution in [3.05, 3.63) is 70.7 Å². The number of halogens is 1. The van der Waals surface area contributed by atoms with E-state index in [1.165, 1.54) is 0 Å². The van der Waals surface area contributed by atoms with Crippen LogP contribution < -0.4 is 16.2 Å². The molecule has 0 bridgehead atoms. The molecule has 0 aliphatic heterocycles. The summed E-state index contributed by atoms with van der Waals surface area (Å²) < 4.78 is 6.48. The average molecular weight is 423 g/mol. The molecule has 0 aliphatic carbocycles. The smallest absolute Gasteiger partial charge is 0.134 e. The number of benzene rings is 3. The maximum absolute atomic E-state index is 6.56. The van der Waals surface area contributed by atoms with E-state index in [0.29, 0.717) is 16.4 Å². The third-order valence-electron chi connectivity index (χ3n) is 5.11. The summed E-state index contributed by atoms with van der Waals surface area (Å²) in [6.45, 7) is 13.2. The summed E-state index contributed by atoms with van der Waals surface area (Å²) >= 11 is 6.56. The van der Waals surface area contributed by atoms with Crippen LogP contribution in [0.15, 0.2) is 54.6 Å². The van der Waals surface area contributed by atoms with Crippen LogP contribution in [0.2, 0.25) is 5.02 Å². The average Bonchev–Trinajstić information content (AvgIpc) is 2.62. The quantitative estimate of drug-likeness (QED) is 0.428. The minimum atomic E-state index is -0.139. The van der Waals surface area contributed by atoms with Crippen molar-refractivity contribution in [2.75, 3.05) is 11.5 Å². The highest BCUT2D eigenvalue weighted by atomic mass is 35.5. The molecule has 4 N–H and O–H groups in total. The molecule has 0 saturated carbocycles. The topological polar surface area (TPSA) is 61.3 Å². The van der Waals surface area contributed by atoms with Gasteiger partial charge in [0.1, 0.15) is 11.5 Å². The molecule has 0 aromatic heterocycles. The summed E-state index contributed by atoms with van der Waals surface area (Å²) in [7, 11) is 0. The fraction of sp³-hybridized carbons (Fsp3) is 0.308. The van der Waals surface area contributed by atoms with Gasteiger partial charge < -0.3 is 16.2 Å². The minimum Gasteiger partial charge on any atom is -0.457 e. The SMILES string of the molecule is CC(C)(C)c1cc(-c2ccc(N)cc2Cl)cc(C(C)(C)C)c1Oc1ccc(N)cc1. The lowest BCUT2D eigenvalue weighted by atomic mass is 9.77. The van der Waals surface area contributed by atoms with Crippen LogP contribution in [0.4, 0.5) is 11.4 Å². The Morgan fingerprint density at radius 2 is 1.20 bits per heavy atom. The van der Waals surface area contributed by atoms with E-state index in [1.807, 2.05) is 36.4 Å². The van der Waals surface area contributed by atoms with Crippen LogP contribution in [-0.2, 0) is 10.8 Å². The van der Waals surface area contributed by atoms with Gasteiger partial charge in [0.05, 0.1) is 5.02 Å². The first-order valence-electron chi connectivity index (χ1n) is 10.1. The Labute approximate surface area is 185 Å². The molecule has 30 heavy (non-hydrogen) atoms. The van der Waals surface area contributed by atoms with Crippen molar-refractivity contribution in [1.82, 2.24) is 0 Å². The van der Waals surface area contributed by atoms with E-state index >= 15 is 0 Å². The Kier molecular flexibility index (Phi) is 5.79. The molecular formula is C26H31ClN2O. The van der Waals surface area contributed by atoms with Crippen LogP contribution >= 0.6 is 11.6 Å². The maximum Gasteiger partial charge on any atom is 0.134 e. The van der Waals surface area contributed by atoms with Crippen molar-refractivity contribution in [2.24, 2.45) is 0 Å². The van der Waals surface area contributed by atoms with E-state index in [1.54, 1.807) is 6.07 Å². The van der Waals surface area contributed by atoms with E-state index < -0.39 is 0 Å². The van der Waals surface area contributed by atoms with Crippen molar-refractivity contribution in [1.29, 1.82) is 0 Å². The highest BCUT2D eigenvalue weighted by molar-refractivity contribution is 6.33. The van der Waals surface area contributed by atoms with Gasteiger partial charge in [0, 0.05) is 28.1 Å². The number of nitrogens with two attached hydrogens (primary N) is 2. The standard InChI is InChI=1S/C26H31ClN2O/c1-25(2,3)21-13-16(20-12-9-18(29)15-23(20)27)14-22(26(4,5)6)24(21)30-19-10-7-17(28)8-11-19/h7-15H,28-29H2,1-6H3. The van der Waals surface area contributed by atoms with Gasteiger partial charge in [-0.05, 0) is 64.9 Å². The van der Waals surface area contributed by atoms with Crippen LogP contribution in [0.5, 0.6) is 11.5 Å². The molecule has 3 aromatic carbocycles. The van der Waals surface area contributed by atoms with E-state index in [2.05, 4.69) is 53.7 Å². The van der Waals surface area contributed by atoms with Gasteiger partial charge in [-0.3, -0.25) is 0 Å². The predicted molar refractivity (Wildman–Crippen MR) is 130 cm³/mol. The molecule has 0 radical (unpaired) electrons. The first kappa shape index (κ1) is 22.0. The third-order valence-corrected chi connectivity index (χ3v) is 5.42. The Balaban J connectivity index is 2.28. The summed E-state index contributed by atoms with van der Waals surface area (Å²) in [5.41, 5.74) is 17.1. The zero-order valence-electron chi connectivity index (χ0n) is 18.6. The lowest BCUT2D eigenvalue weighted by molar-refractivity contribution is 0.433. The van der Waals surface area contributed by atoms with Crippen LogP contribution in [0.3, 0.4) is 0 Å². The molecular weight excluding hydrogens is 392 g/mol. The minimum absolute atomic E-state index is 0.139. The summed E-state index contributed by atoms with van der Waals surface area (Å²) in [4.78, 5) is 0. The largest absolute Gasteiger partial charge is 0.457 e. The molecule has 0 amide bonds. The second-order valence-corrected chi connectivity index (χ2v) is 10.2. The molecule has 158 valence electrons. The van der Waals surface area contributed by atoms with Crippen molar-refractivity contribution in [3.63, 3.8) is 0 Å². The fourth-order valence-corrected chi connectivity index (χ4v) is 3.73.